The number of rotatable bonds is 4. The van der Waals surface area contributed by atoms with E-state index in [4.69, 9.17) is 0 Å². The van der Waals surface area contributed by atoms with Gasteiger partial charge in [0.2, 0.25) is 0 Å². The summed E-state index contributed by atoms with van der Waals surface area (Å²) in [5.41, 5.74) is 3.67. The third-order valence-electron chi connectivity index (χ3n) is 3.03. The number of sulfone groups is 1. The Labute approximate surface area is 116 Å². The molecule has 6 heteroatoms. The minimum atomic E-state index is -3.81. The smallest absolute Gasteiger partial charge is 0.191 e. The van der Waals surface area contributed by atoms with Crippen molar-refractivity contribution in [2.75, 3.05) is 6.54 Å². The van der Waals surface area contributed by atoms with Gasteiger partial charge < -0.3 is 5.73 Å². The minimum Gasteiger partial charge on any atom is -0.356 e. The van der Waals surface area contributed by atoms with E-state index < -0.39 is 26.7 Å². The fourth-order valence-electron chi connectivity index (χ4n) is 2.00. The zero-order valence-corrected chi connectivity index (χ0v) is 11.4. The number of benzene rings is 2. The number of quaternary nitrogens is 1. The summed E-state index contributed by atoms with van der Waals surface area (Å²) in [5.74, 6) is -1.12. The van der Waals surface area contributed by atoms with Crippen molar-refractivity contribution in [3.8, 4) is 0 Å². The first-order valence-corrected chi connectivity index (χ1v) is 7.54. The van der Waals surface area contributed by atoms with Crippen molar-refractivity contribution in [3.63, 3.8) is 0 Å². The fourth-order valence-corrected chi connectivity index (χ4v) is 3.68. The Bertz CT molecular complexity index is 699. The topological polar surface area (TPSA) is 61.8 Å². The molecule has 0 aliphatic carbocycles. The van der Waals surface area contributed by atoms with E-state index in [1.807, 2.05) is 0 Å². The lowest BCUT2D eigenvalue weighted by Crippen LogP contribution is -2.54. The molecule has 20 heavy (non-hydrogen) atoms. The van der Waals surface area contributed by atoms with Crippen LogP contribution in [0.25, 0.3) is 0 Å². The molecule has 2 rings (SSSR count). The first kappa shape index (κ1) is 14.6. The second-order valence-electron chi connectivity index (χ2n) is 4.30. The van der Waals surface area contributed by atoms with Gasteiger partial charge >= 0.3 is 0 Å². The standard InChI is InChI=1S/C14H13F2NO2S/c15-10-5-7-11(8-6-10)20(18,19)14(9-17)12-3-1-2-4-13(12)16/h1-8,14H,9,17H2/p+1/t14-/m1/s1. The number of hydrogen-bond acceptors (Lipinski definition) is 2. The van der Waals surface area contributed by atoms with Crippen LogP contribution >= 0.6 is 0 Å². The summed E-state index contributed by atoms with van der Waals surface area (Å²) in [7, 11) is -3.81. The molecule has 2 aromatic carbocycles. The van der Waals surface area contributed by atoms with Gasteiger partial charge in [-0.15, -0.1) is 0 Å². The molecule has 2 aromatic rings. The van der Waals surface area contributed by atoms with Gasteiger partial charge in [-0.2, -0.15) is 0 Å². The molecule has 3 nitrogen and oxygen atoms in total. The average molecular weight is 298 g/mol. The first-order chi connectivity index (χ1) is 9.46. The van der Waals surface area contributed by atoms with Crippen LogP contribution in [0.2, 0.25) is 0 Å². The van der Waals surface area contributed by atoms with E-state index in [-0.39, 0.29) is 17.0 Å². The normalized spacial score (nSPS) is 13.2. The first-order valence-electron chi connectivity index (χ1n) is 6.00. The van der Waals surface area contributed by atoms with Gasteiger partial charge in [0.15, 0.2) is 9.84 Å². The molecule has 0 saturated heterocycles. The molecule has 0 aliphatic heterocycles. The molecule has 0 aliphatic rings. The maximum atomic E-state index is 13.8. The molecule has 0 bridgehead atoms. The van der Waals surface area contributed by atoms with Crippen molar-refractivity contribution in [2.45, 2.75) is 10.1 Å². The highest BCUT2D eigenvalue weighted by Crippen LogP contribution is 2.29. The lowest BCUT2D eigenvalue weighted by molar-refractivity contribution is -0.367. The second kappa shape index (κ2) is 5.68. The highest BCUT2D eigenvalue weighted by atomic mass is 32.2. The highest BCUT2D eigenvalue weighted by Gasteiger charge is 2.31. The Morgan fingerprint density at radius 3 is 2.15 bits per heavy atom. The number of halogens is 2. The molecule has 3 N–H and O–H groups in total. The molecule has 0 heterocycles. The molecule has 1 atom stereocenters. The van der Waals surface area contributed by atoms with Crippen LogP contribution in [0.1, 0.15) is 10.8 Å². The summed E-state index contributed by atoms with van der Waals surface area (Å²) < 4.78 is 51.7. The Morgan fingerprint density at radius 1 is 1.00 bits per heavy atom. The van der Waals surface area contributed by atoms with Gasteiger partial charge in [-0.3, -0.25) is 0 Å². The third kappa shape index (κ3) is 2.71. The fraction of sp³-hybridized carbons (Fsp3) is 0.143. The molecule has 106 valence electrons. The summed E-state index contributed by atoms with van der Waals surface area (Å²) in [4.78, 5) is -0.0456. The van der Waals surface area contributed by atoms with Crippen LogP contribution < -0.4 is 5.73 Å². The van der Waals surface area contributed by atoms with Crippen LogP contribution in [0.5, 0.6) is 0 Å². The van der Waals surface area contributed by atoms with Crippen molar-refractivity contribution in [3.05, 3.63) is 65.7 Å². The predicted octanol–water partition coefficient (Wildman–Crippen LogP) is 1.72. The maximum Gasteiger partial charge on any atom is 0.191 e. The van der Waals surface area contributed by atoms with Gasteiger partial charge in [-0.25, -0.2) is 17.2 Å². The Morgan fingerprint density at radius 2 is 1.60 bits per heavy atom. The SMILES string of the molecule is [NH3+]C[C@H](c1ccccc1F)S(=O)(=O)c1ccc(F)cc1. The molecular weight excluding hydrogens is 284 g/mol. The van der Waals surface area contributed by atoms with Crippen LogP contribution in [0.3, 0.4) is 0 Å². The maximum absolute atomic E-state index is 13.8. The van der Waals surface area contributed by atoms with Gasteiger partial charge in [0.05, 0.1) is 11.4 Å². The largest absolute Gasteiger partial charge is 0.356 e. The molecular formula is C14H14F2NO2S+. The minimum absolute atomic E-state index is 0.0133. The Hall–Kier alpha value is -1.79. The van der Waals surface area contributed by atoms with E-state index in [1.54, 1.807) is 6.07 Å². The highest BCUT2D eigenvalue weighted by molar-refractivity contribution is 7.91. The van der Waals surface area contributed by atoms with E-state index in [9.17, 15) is 17.2 Å². The molecule has 0 fully saturated rings. The second-order valence-corrected chi connectivity index (χ2v) is 6.43. The van der Waals surface area contributed by atoms with Gasteiger partial charge in [0, 0.05) is 5.56 Å². The van der Waals surface area contributed by atoms with Crippen LogP contribution in [-0.2, 0) is 9.84 Å². The van der Waals surface area contributed by atoms with E-state index in [0.717, 1.165) is 12.1 Å². The van der Waals surface area contributed by atoms with Crippen molar-refractivity contribution >= 4 is 9.84 Å². The van der Waals surface area contributed by atoms with Gasteiger partial charge in [0.25, 0.3) is 0 Å². The lowest BCUT2D eigenvalue weighted by Gasteiger charge is -2.15. The molecule has 0 radical (unpaired) electrons. The Kier molecular flexibility index (Phi) is 4.15. The van der Waals surface area contributed by atoms with Gasteiger partial charge in [-0.05, 0) is 30.3 Å². The lowest BCUT2D eigenvalue weighted by atomic mass is 10.1. The van der Waals surface area contributed by atoms with Crippen molar-refractivity contribution in [2.24, 2.45) is 0 Å². The van der Waals surface area contributed by atoms with Crippen LogP contribution in [0.15, 0.2) is 53.4 Å². The molecule has 0 spiro atoms. The van der Waals surface area contributed by atoms with E-state index in [1.165, 1.54) is 30.3 Å². The Balaban J connectivity index is 2.51. The van der Waals surface area contributed by atoms with Crippen molar-refractivity contribution in [1.82, 2.24) is 0 Å². The van der Waals surface area contributed by atoms with Gasteiger partial charge in [0.1, 0.15) is 16.9 Å². The molecule has 0 aromatic heterocycles. The zero-order chi connectivity index (χ0) is 14.8. The van der Waals surface area contributed by atoms with Crippen LogP contribution in [0.4, 0.5) is 8.78 Å². The summed E-state index contributed by atoms with van der Waals surface area (Å²) in [6, 6.07) is 10.2. The van der Waals surface area contributed by atoms with Crippen molar-refractivity contribution < 1.29 is 22.9 Å². The van der Waals surface area contributed by atoms with E-state index in [0.29, 0.717) is 0 Å². The zero-order valence-electron chi connectivity index (χ0n) is 10.6. The average Bonchev–Trinajstić information content (AvgIpc) is 2.42. The van der Waals surface area contributed by atoms with E-state index >= 15 is 0 Å². The summed E-state index contributed by atoms with van der Waals surface area (Å²) >= 11 is 0. The summed E-state index contributed by atoms with van der Waals surface area (Å²) in [6.45, 7) is -0.0133. The van der Waals surface area contributed by atoms with Crippen molar-refractivity contribution in [1.29, 1.82) is 0 Å². The summed E-state index contributed by atoms with van der Waals surface area (Å²) in [5, 5.41) is -1.09. The number of hydrogen-bond donors (Lipinski definition) is 1. The predicted molar refractivity (Wildman–Crippen MR) is 70.5 cm³/mol. The molecule has 0 saturated carbocycles. The molecule has 0 unspecified atom stereocenters. The summed E-state index contributed by atoms with van der Waals surface area (Å²) in [6.07, 6.45) is 0. The van der Waals surface area contributed by atoms with Crippen LogP contribution in [0, 0.1) is 11.6 Å². The third-order valence-corrected chi connectivity index (χ3v) is 5.20. The molecule has 0 amide bonds. The van der Waals surface area contributed by atoms with Gasteiger partial charge in [-0.1, -0.05) is 18.2 Å². The van der Waals surface area contributed by atoms with Crippen LogP contribution in [-0.4, -0.2) is 15.0 Å². The van der Waals surface area contributed by atoms with E-state index in [2.05, 4.69) is 5.73 Å². The monoisotopic (exact) mass is 298 g/mol. The quantitative estimate of drug-likeness (QED) is 0.874.